The normalized spacial score (nSPS) is 24.9. The van der Waals surface area contributed by atoms with Gasteiger partial charge in [-0.3, -0.25) is 4.79 Å². The Morgan fingerprint density at radius 3 is 2.32 bits per heavy atom. The highest BCUT2D eigenvalue weighted by molar-refractivity contribution is 5.83. The van der Waals surface area contributed by atoms with Crippen LogP contribution in [0.15, 0.2) is 60.7 Å². The first kappa shape index (κ1) is 22.2. The number of carbonyl (C=O) groups excluding carboxylic acids is 2. The molecule has 3 N–H and O–H groups in total. The zero-order chi connectivity index (χ0) is 23.7. The summed E-state index contributed by atoms with van der Waals surface area (Å²) in [5.41, 5.74) is 4.61. The lowest BCUT2D eigenvalue weighted by Gasteiger charge is -2.19. The molecule has 4 atom stereocenters. The largest absolute Gasteiger partial charge is 0.479 e. The molecule has 2 aromatic rings. The Labute approximate surface area is 196 Å². The van der Waals surface area contributed by atoms with Crippen LogP contribution in [0.25, 0.3) is 11.1 Å². The second-order valence-electron chi connectivity index (χ2n) is 8.84. The molecule has 1 saturated heterocycles. The second kappa shape index (κ2) is 9.30. The molecule has 8 nitrogen and oxygen atoms in total. The molecule has 3 aliphatic rings. The molecule has 2 aromatic carbocycles. The molecule has 2 aliphatic carbocycles. The van der Waals surface area contributed by atoms with E-state index in [0.29, 0.717) is 19.4 Å². The van der Waals surface area contributed by atoms with Crippen LogP contribution in [0, 0.1) is 5.92 Å². The van der Waals surface area contributed by atoms with Crippen molar-refractivity contribution in [2.45, 2.75) is 36.9 Å². The van der Waals surface area contributed by atoms with Gasteiger partial charge in [-0.1, -0.05) is 60.7 Å². The van der Waals surface area contributed by atoms with Gasteiger partial charge in [-0.15, -0.1) is 0 Å². The summed E-state index contributed by atoms with van der Waals surface area (Å²) in [5.74, 6) is -1.82. The zero-order valence-electron chi connectivity index (χ0n) is 18.5. The van der Waals surface area contributed by atoms with Gasteiger partial charge in [0.25, 0.3) is 0 Å². The molecule has 1 fully saturated rings. The number of benzene rings is 2. The van der Waals surface area contributed by atoms with Crippen molar-refractivity contribution in [2.75, 3.05) is 13.2 Å². The van der Waals surface area contributed by atoms with Gasteiger partial charge in [0.2, 0.25) is 5.91 Å². The van der Waals surface area contributed by atoms with Crippen LogP contribution in [0.5, 0.6) is 0 Å². The Bertz CT molecular complexity index is 1100. The Morgan fingerprint density at radius 2 is 1.65 bits per heavy atom. The van der Waals surface area contributed by atoms with Crippen molar-refractivity contribution in [1.82, 2.24) is 10.6 Å². The number of rotatable bonds is 6. The fraction of sp³-hybridized carbons (Fsp3) is 0.346. The first-order chi connectivity index (χ1) is 16.5. The number of aliphatic carboxylic acids is 1. The zero-order valence-corrected chi connectivity index (χ0v) is 18.5. The van der Waals surface area contributed by atoms with Crippen molar-refractivity contribution < 1.29 is 29.0 Å². The van der Waals surface area contributed by atoms with Crippen LogP contribution in [-0.4, -0.2) is 54.5 Å². The molecule has 34 heavy (non-hydrogen) atoms. The molecule has 8 heteroatoms. The van der Waals surface area contributed by atoms with E-state index in [1.54, 1.807) is 12.2 Å². The lowest BCUT2D eigenvalue weighted by Crippen LogP contribution is -2.46. The summed E-state index contributed by atoms with van der Waals surface area (Å²) in [7, 11) is 0. The predicted octanol–water partition coefficient (Wildman–Crippen LogP) is 2.83. The molecule has 5 rings (SSSR count). The number of hydrogen-bond acceptors (Lipinski definition) is 5. The number of carboxylic acid groups (broad SMARTS) is 1. The Hall–Kier alpha value is -3.65. The molecule has 176 valence electrons. The van der Waals surface area contributed by atoms with E-state index in [4.69, 9.17) is 9.47 Å². The maximum Gasteiger partial charge on any atom is 0.407 e. The molecule has 0 saturated carbocycles. The van der Waals surface area contributed by atoms with Crippen molar-refractivity contribution >= 4 is 18.0 Å². The Morgan fingerprint density at radius 1 is 0.971 bits per heavy atom. The average Bonchev–Trinajstić information content (AvgIpc) is 3.56. The molecule has 2 unspecified atom stereocenters. The van der Waals surface area contributed by atoms with Gasteiger partial charge < -0.3 is 25.2 Å². The highest BCUT2D eigenvalue weighted by Gasteiger charge is 2.37. The van der Waals surface area contributed by atoms with Crippen molar-refractivity contribution in [2.24, 2.45) is 5.92 Å². The van der Waals surface area contributed by atoms with E-state index in [0.717, 1.165) is 22.3 Å². The van der Waals surface area contributed by atoms with Crippen molar-refractivity contribution in [1.29, 1.82) is 0 Å². The number of carbonyl (C=O) groups is 3. The van der Waals surface area contributed by atoms with Crippen LogP contribution in [0.2, 0.25) is 0 Å². The number of ether oxygens (including phenoxy) is 2. The third-order valence-corrected chi connectivity index (χ3v) is 6.73. The summed E-state index contributed by atoms with van der Waals surface area (Å²) in [4.78, 5) is 36.3. The molecule has 0 radical (unpaired) electrons. The quantitative estimate of drug-likeness (QED) is 0.569. The molecule has 1 heterocycles. The minimum absolute atomic E-state index is 0.0217. The number of carboxylic acids is 1. The molecule has 0 spiro atoms. The highest BCUT2D eigenvalue weighted by Crippen LogP contribution is 2.44. The van der Waals surface area contributed by atoms with Gasteiger partial charge in [0.15, 0.2) is 6.10 Å². The van der Waals surface area contributed by atoms with E-state index in [2.05, 4.69) is 34.9 Å². The summed E-state index contributed by atoms with van der Waals surface area (Å²) < 4.78 is 10.8. The summed E-state index contributed by atoms with van der Waals surface area (Å²) in [5, 5.41) is 14.8. The molecule has 0 aromatic heterocycles. The standard InChI is InChI=1S/C26H26N2O6/c29-24(28-22-11-12-33-23(22)25(30)31)15-9-10-16(13-15)27-26(32)34-14-21-19-7-3-1-5-17(19)18-6-2-4-8-20(18)21/h1-10,15-16,21-23H,11-14H2,(H,27,32)(H,28,29)(H,30,31)/t15?,16?,22-,23+/m1/s1. The van der Waals surface area contributed by atoms with E-state index in [1.807, 2.05) is 24.3 Å². The Kier molecular flexibility index (Phi) is 6.06. The van der Waals surface area contributed by atoms with Crippen LogP contribution in [0.3, 0.4) is 0 Å². The first-order valence-electron chi connectivity index (χ1n) is 11.5. The van der Waals surface area contributed by atoms with Crippen LogP contribution in [0.4, 0.5) is 4.79 Å². The van der Waals surface area contributed by atoms with Crippen molar-refractivity contribution in [3.8, 4) is 11.1 Å². The van der Waals surface area contributed by atoms with Crippen LogP contribution in [0.1, 0.15) is 29.9 Å². The van der Waals surface area contributed by atoms with Gasteiger partial charge in [0.1, 0.15) is 6.61 Å². The minimum Gasteiger partial charge on any atom is -0.479 e. The van der Waals surface area contributed by atoms with E-state index in [-0.39, 0.29) is 24.5 Å². The molecule has 0 bridgehead atoms. The van der Waals surface area contributed by atoms with Gasteiger partial charge >= 0.3 is 12.1 Å². The topological polar surface area (TPSA) is 114 Å². The molecular formula is C26H26N2O6. The Balaban J connectivity index is 1.13. The SMILES string of the molecule is O=C(NC1C=CC(C(=O)N[C@@H]2CCO[C@@H]2C(=O)O)C1)OCC1c2ccccc2-c2ccccc21. The third-order valence-electron chi connectivity index (χ3n) is 6.73. The number of amides is 2. The maximum absolute atomic E-state index is 12.6. The van der Waals surface area contributed by atoms with Crippen LogP contribution in [-0.2, 0) is 19.1 Å². The smallest absolute Gasteiger partial charge is 0.407 e. The monoisotopic (exact) mass is 462 g/mol. The van der Waals surface area contributed by atoms with Gasteiger partial charge in [0, 0.05) is 12.5 Å². The van der Waals surface area contributed by atoms with E-state index < -0.39 is 30.1 Å². The maximum atomic E-state index is 12.6. The second-order valence-corrected chi connectivity index (χ2v) is 8.84. The fourth-order valence-corrected chi connectivity index (χ4v) is 5.06. The lowest BCUT2D eigenvalue weighted by molar-refractivity contribution is -0.148. The molecular weight excluding hydrogens is 436 g/mol. The lowest BCUT2D eigenvalue weighted by atomic mass is 9.98. The summed E-state index contributed by atoms with van der Waals surface area (Å²) in [6.45, 7) is 0.521. The summed E-state index contributed by atoms with van der Waals surface area (Å²) >= 11 is 0. The van der Waals surface area contributed by atoms with Gasteiger partial charge in [-0.25, -0.2) is 9.59 Å². The number of fused-ring (bicyclic) bond motifs is 3. The number of alkyl carbamates (subject to hydrolysis) is 1. The van der Waals surface area contributed by atoms with E-state index >= 15 is 0 Å². The fourth-order valence-electron chi connectivity index (χ4n) is 5.06. The first-order valence-corrected chi connectivity index (χ1v) is 11.5. The third kappa shape index (κ3) is 4.28. The van der Waals surface area contributed by atoms with Crippen molar-refractivity contribution in [3.63, 3.8) is 0 Å². The number of nitrogens with one attached hydrogen (secondary N) is 2. The van der Waals surface area contributed by atoms with E-state index in [1.165, 1.54) is 0 Å². The van der Waals surface area contributed by atoms with Crippen molar-refractivity contribution in [3.05, 3.63) is 71.8 Å². The van der Waals surface area contributed by atoms with Gasteiger partial charge in [0.05, 0.1) is 18.0 Å². The molecule has 2 amide bonds. The summed E-state index contributed by atoms with van der Waals surface area (Å²) in [6.07, 6.45) is 2.79. The highest BCUT2D eigenvalue weighted by atomic mass is 16.5. The van der Waals surface area contributed by atoms with Crippen LogP contribution < -0.4 is 10.6 Å². The summed E-state index contributed by atoms with van der Waals surface area (Å²) in [6, 6.07) is 15.4. The average molecular weight is 463 g/mol. The van der Waals surface area contributed by atoms with Gasteiger partial charge in [-0.2, -0.15) is 0 Å². The minimum atomic E-state index is -1.08. The van der Waals surface area contributed by atoms with Gasteiger partial charge in [-0.05, 0) is 35.1 Å². The van der Waals surface area contributed by atoms with E-state index in [9.17, 15) is 19.5 Å². The molecule has 1 aliphatic heterocycles. The predicted molar refractivity (Wildman–Crippen MR) is 123 cm³/mol. The van der Waals surface area contributed by atoms with Crippen LogP contribution >= 0.6 is 0 Å². The number of hydrogen-bond donors (Lipinski definition) is 3.